The van der Waals surface area contributed by atoms with Crippen molar-refractivity contribution in [3.05, 3.63) is 442 Å². The average molecular weight is 1450 g/mol. The first-order valence-electron chi connectivity index (χ1n) is 38.4. The highest BCUT2D eigenvalue weighted by molar-refractivity contribution is 7.99. The zero-order chi connectivity index (χ0) is 74.9. The maximum absolute atomic E-state index is 9.82. The van der Waals surface area contributed by atoms with E-state index in [1.165, 1.54) is 76.6 Å². The van der Waals surface area contributed by atoms with E-state index in [1.54, 1.807) is 0 Å². The van der Waals surface area contributed by atoms with Crippen LogP contribution in [0, 0.1) is 11.3 Å². The fourth-order valence-corrected chi connectivity index (χ4v) is 20.5. The molecule has 0 radical (unpaired) electrons. The molecule has 0 amide bonds. The summed E-state index contributed by atoms with van der Waals surface area (Å²) in [7, 11) is 0. The molecule has 7 heteroatoms. The Morgan fingerprint density at radius 2 is 0.750 bits per heavy atom. The van der Waals surface area contributed by atoms with Crippen molar-refractivity contribution in [3.8, 4) is 108 Å². The maximum Gasteiger partial charge on any atom is 0.160 e. The van der Waals surface area contributed by atoms with E-state index in [1.807, 2.05) is 54.2 Å². The minimum absolute atomic E-state index is 0.258. The van der Waals surface area contributed by atoms with Gasteiger partial charge in [-0.1, -0.05) is 330 Å². The molecule has 17 aromatic rings. The molecule has 112 heavy (non-hydrogen) atoms. The van der Waals surface area contributed by atoms with E-state index < -0.39 is 16.2 Å². The molecule has 2 aromatic heterocycles. The number of para-hydroxylation sites is 1. The molecular weight excluding hydrogens is 1380 g/mol. The molecule has 0 unspecified atom stereocenters. The molecule has 2 aliphatic carbocycles. The molecule has 0 saturated carbocycles. The van der Waals surface area contributed by atoms with Crippen LogP contribution in [0.25, 0.3) is 101 Å². The Hall–Kier alpha value is -13.6. The predicted octanol–water partition coefficient (Wildman–Crippen LogP) is 25.5. The van der Waals surface area contributed by atoms with Crippen LogP contribution in [-0.2, 0) is 28.1 Å². The molecule has 4 heterocycles. The molecule has 0 saturated heterocycles. The molecule has 0 atom stereocenters. The minimum atomic E-state index is -0.695. The number of nitrogens with zero attached hydrogens (tertiary/aromatic N) is 5. The minimum Gasteiger partial charge on any atom is -0.457 e. The highest BCUT2D eigenvalue weighted by Crippen LogP contribution is 2.65. The summed E-state index contributed by atoms with van der Waals surface area (Å²) in [5.74, 6) is 2.96. The second-order valence-electron chi connectivity index (χ2n) is 30.7. The van der Waals surface area contributed by atoms with E-state index in [4.69, 9.17) is 24.7 Å². The van der Waals surface area contributed by atoms with Crippen molar-refractivity contribution >= 4 is 22.5 Å². The van der Waals surface area contributed by atoms with Crippen LogP contribution in [-0.4, -0.2) is 19.9 Å². The molecule has 4 aliphatic rings. The fourth-order valence-electron chi connectivity index (χ4n) is 19.2. The number of hydrogen-bond donors (Lipinski definition) is 0. The normalized spacial score (nSPS) is 14.4. The highest BCUT2D eigenvalue weighted by atomic mass is 32.2. The number of ether oxygens (including phenoxy) is 1. The topological polar surface area (TPSA) is 84.6 Å². The molecular formula is C105H71N5OS. The van der Waals surface area contributed by atoms with Crippen molar-refractivity contribution in [1.29, 1.82) is 5.26 Å². The number of fused-ring (bicyclic) bond motifs is 17. The molecule has 6 nitrogen and oxygen atoms in total. The fraction of sp³-hybridized carbons (Fsp3) is 0.0762. The molecule has 2 aliphatic heterocycles. The number of rotatable bonds is 10. The van der Waals surface area contributed by atoms with Crippen LogP contribution in [0.3, 0.4) is 0 Å². The van der Waals surface area contributed by atoms with Crippen LogP contribution >= 0.6 is 11.8 Å². The summed E-state index contributed by atoms with van der Waals surface area (Å²) in [5.41, 5.74) is 28.1. The van der Waals surface area contributed by atoms with Gasteiger partial charge in [-0.05, 0) is 167 Å². The van der Waals surface area contributed by atoms with Gasteiger partial charge in [-0.2, -0.15) is 5.26 Å². The third-order valence-electron chi connectivity index (χ3n) is 24.3. The van der Waals surface area contributed by atoms with E-state index in [2.05, 4.69) is 348 Å². The van der Waals surface area contributed by atoms with E-state index in [-0.39, 0.29) is 5.41 Å². The van der Waals surface area contributed by atoms with Crippen molar-refractivity contribution in [1.82, 2.24) is 19.9 Å². The van der Waals surface area contributed by atoms with Gasteiger partial charge in [0.2, 0.25) is 0 Å². The molecule has 0 N–H and O–H groups in total. The Balaban J connectivity index is 0.677. The molecule has 0 bridgehead atoms. The number of nitriles is 1. The van der Waals surface area contributed by atoms with Crippen molar-refractivity contribution in [2.45, 2.75) is 58.6 Å². The molecule has 15 aromatic carbocycles. The summed E-state index contributed by atoms with van der Waals surface area (Å²) >= 11 is 1.84. The zero-order valence-corrected chi connectivity index (χ0v) is 62.7. The monoisotopic (exact) mass is 1450 g/mol. The maximum atomic E-state index is 9.82. The Morgan fingerprint density at radius 3 is 1.44 bits per heavy atom. The van der Waals surface area contributed by atoms with Gasteiger partial charge in [0.25, 0.3) is 0 Å². The molecule has 0 fully saturated rings. The Labute approximate surface area is 656 Å². The van der Waals surface area contributed by atoms with Gasteiger partial charge in [0.05, 0.1) is 45.2 Å². The first kappa shape index (κ1) is 66.6. The highest BCUT2D eigenvalue weighted by Gasteiger charge is 2.55. The summed E-state index contributed by atoms with van der Waals surface area (Å²) in [6.07, 6.45) is 0.726. The standard InChI is InChI=1S/C105H71N5OS/c1-102(2)80-40-14-18-44-84(80)104(85-45-19-15-41-81(85)102)88-48-22-24-50-96(88)111-97-57-53-71(60-91(97)104)94-63-95(110-100(108-94)68-31-8-5-9-32-68)79-55-54-78(76-38-12-13-39-77(76)79)75-37-11-10-33-74(75)64-103(3)82-42-16-20-46-86(82)105(87-47-21-17-43-83(87)103)89-49-23-25-51-98(89)112-99-61-72(52-56-90(99)105)93-62-92(67-29-6-4-7-30-67)107-101(109-93)73-36-27-35-70(59-73)69-34-26-28-66(58-69)65-106/h4-63H,64H2,1-3H3. The second kappa shape index (κ2) is 26.0. The molecule has 2 spiro atoms. The van der Waals surface area contributed by atoms with Gasteiger partial charge in [0, 0.05) is 65.1 Å². The number of hydrogen-bond acceptors (Lipinski definition) is 7. The lowest BCUT2D eigenvalue weighted by molar-refractivity contribution is 0.425. The Morgan fingerprint density at radius 1 is 0.295 bits per heavy atom. The van der Waals surface area contributed by atoms with E-state index >= 15 is 0 Å². The Kier molecular flexibility index (Phi) is 15.5. The molecule has 528 valence electrons. The number of benzene rings is 15. The van der Waals surface area contributed by atoms with Crippen molar-refractivity contribution in [3.63, 3.8) is 0 Å². The predicted molar refractivity (Wildman–Crippen MR) is 453 cm³/mol. The van der Waals surface area contributed by atoms with Crippen LogP contribution in [0.15, 0.2) is 374 Å². The summed E-state index contributed by atoms with van der Waals surface area (Å²) in [4.78, 5) is 24.2. The van der Waals surface area contributed by atoms with Crippen molar-refractivity contribution in [2.24, 2.45) is 0 Å². The first-order chi connectivity index (χ1) is 55.1. The lowest BCUT2D eigenvalue weighted by Crippen LogP contribution is -2.45. The number of aromatic nitrogens is 4. The van der Waals surface area contributed by atoms with Gasteiger partial charge in [-0.25, -0.2) is 19.9 Å². The smallest absolute Gasteiger partial charge is 0.160 e. The SMILES string of the molecule is CC1(C)c2ccccc2C2(c3ccccc3Oc3ccc(-c4cc(-c5ccc(-c6ccccc6CC6(C)c7ccccc7C7(c8ccccc8Sc8cc(-c9cc(-c%10ccccc%10)nc(-c%10cccc(-c%11cccc(C#N)c%11)c%10)n9)ccc87)c7ccccc76)c6ccccc56)nc(-c5ccccc5)n4)cc32)c2ccccc21. The van der Waals surface area contributed by atoms with Crippen LogP contribution < -0.4 is 4.74 Å². The third kappa shape index (κ3) is 10.3. The zero-order valence-electron chi connectivity index (χ0n) is 61.9. The first-order valence-corrected chi connectivity index (χ1v) is 39.2. The lowest BCUT2D eigenvalue weighted by Gasteiger charge is -2.51. The lowest BCUT2D eigenvalue weighted by atomic mass is 9.52. The summed E-state index contributed by atoms with van der Waals surface area (Å²) in [6, 6.07) is 134. The second-order valence-corrected chi connectivity index (χ2v) is 31.8. The van der Waals surface area contributed by atoms with Crippen LogP contribution in [0.4, 0.5) is 0 Å². The van der Waals surface area contributed by atoms with Crippen molar-refractivity contribution < 1.29 is 4.74 Å². The summed E-state index contributed by atoms with van der Waals surface area (Å²) in [6.45, 7) is 7.21. The van der Waals surface area contributed by atoms with E-state index in [0.29, 0.717) is 17.2 Å². The van der Waals surface area contributed by atoms with Gasteiger partial charge < -0.3 is 4.74 Å². The Bertz CT molecular complexity index is 6670. The van der Waals surface area contributed by atoms with Crippen LogP contribution in [0.5, 0.6) is 11.5 Å². The van der Waals surface area contributed by atoms with Gasteiger partial charge in [0.1, 0.15) is 11.5 Å². The van der Waals surface area contributed by atoms with Gasteiger partial charge in [-0.3, -0.25) is 0 Å². The van der Waals surface area contributed by atoms with E-state index in [0.717, 1.165) is 113 Å². The quantitative estimate of drug-likeness (QED) is 0.135. The van der Waals surface area contributed by atoms with E-state index in [9.17, 15) is 5.26 Å². The largest absolute Gasteiger partial charge is 0.457 e. The average Bonchev–Trinajstić information content (AvgIpc) is 0.679. The van der Waals surface area contributed by atoms with Crippen LogP contribution in [0.1, 0.15) is 98.7 Å². The summed E-state index contributed by atoms with van der Waals surface area (Å²) < 4.78 is 7.01. The summed E-state index contributed by atoms with van der Waals surface area (Å²) in [5, 5.41) is 12.1. The van der Waals surface area contributed by atoms with Crippen LogP contribution in [0.2, 0.25) is 0 Å². The van der Waals surface area contributed by atoms with Gasteiger partial charge in [0.15, 0.2) is 11.6 Å². The van der Waals surface area contributed by atoms with Gasteiger partial charge >= 0.3 is 0 Å². The van der Waals surface area contributed by atoms with Crippen molar-refractivity contribution in [2.75, 3.05) is 0 Å². The third-order valence-corrected chi connectivity index (χ3v) is 25.4. The van der Waals surface area contributed by atoms with Gasteiger partial charge in [-0.15, -0.1) is 0 Å². The molecule has 21 rings (SSSR count).